The van der Waals surface area contributed by atoms with Crippen LogP contribution in [0.4, 0.5) is 22.0 Å². The van der Waals surface area contributed by atoms with E-state index in [1.54, 1.807) is 53.4 Å². The second-order valence-electron chi connectivity index (χ2n) is 6.64. The zero-order valence-electron chi connectivity index (χ0n) is 17.0. The molecular formula is C22H15F5N4OS. The Morgan fingerprint density at radius 2 is 1.42 bits per heavy atom. The Morgan fingerprint density at radius 1 is 0.818 bits per heavy atom. The highest BCUT2D eigenvalue weighted by Gasteiger charge is 2.26. The molecule has 2 heterocycles. The molecule has 2 aromatic heterocycles. The van der Waals surface area contributed by atoms with Gasteiger partial charge in [0.1, 0.15) is 5.75 Å². The predicted molar refractivity (Wildman–Crippen MR) is 112 cm³/mol. The van der Waals surface area contributed by atoms with Crippen LogP contribution in [0, 0.1) is 29.1 Å². The fraction of sp³-hybridized carbons (Fsp3) is 0.136. The van der Waals surface area contributed by atoms with E-state index in [2.05, 4.69) is 15.2 Å². The lowest BCUT2D eigenvalue weighted by atomic mass is 10.2. The molecule has 0 atom stereocenters. The van der Waals surface area contributed by atoms with E-state index < -0.39 is 40.4 Å². The van der Waals surface area contributed by atoms with E-state index in [1.807, 2.05) is 6.92 Å². The fourth-order valence-electron chi connectivity index (χ4n) is 3.06. The standard InChI is InChI=1S/C22H15F5N4OS/c1-2-32-14-5-3-13(4-6-14)31-21(12-7-9-28-10-8-12)29-30-22(31)33-11-15-16(23)18(25)20(27)19(26)17(15)24/h3-10H,2,11H2,1H3. The average molecular weight is 478 g/mol. The van der Waals surface area contributed by atoms with E-state index in [1.165, 1.54) is 0 Å². The van der Waals surface area contributed by atoms with Gasteiger partial charge in [-0.05, 0) is 43.3 Å². The van der Waals surface area contributed by atoms with E-state index in [9.17, 15) is 22.0 Å². The molecule has 5 nitrogen and oxygen atoms in total. The molecule has 170 valence electrons. The number of hydrogen-bond acceptors (Lipinski definition) is 5. The number of rotatable bonds is 7. The van der Waals surface area contributed by atoms with Crippen molar-refractivity contribution < 1.29 is 26.7 Å². The molecule has 0 aliphatic carbocycles. The number of nitrogens with zero attached hydrogens (tertiary/aromatic N) is 4. The Hall–Kier alpha value is -3.47. The van der Waals surface area contributed by atoms with Crippen LogP contribution in [-0.4, -0.2) is 26.4 Å². The summed E-state index contributed by atoms with van der Waals surface area (Å²) in [5.41, 5.74) is 0.327. The molecule has 0 aliphatic heterocycles. The van der Waals surface area contributed by atoms with Crippen molar-refractivity contribution in [2.75, 3.05) is 6.61 Å². The number of pyridine rings is 1. The lowest BCUT2D eigenvalue weighted by Gasteiger charge is -2.12. The van der Waals surface area contributed by atoms with Crippen molar-refractivity contribution in [2.24, 2.45) is 0 Å². The van der Waals surface area contributed by atoms with Gasteiger partial charge in [-0.1, -0.05) is 11.8 Å². The Bertz CT molecular complexity index is 1250. The maximum Gasteiger partial charge on any atom is 0.200 e. The van der Waals surface area contributed by atoms with Gasteiger partial charge in [-0.15, -0.1) is 10.2 Å². The van der Waals surface area contributed by atoms with Crippen LogP contribution in [0.5, 0.6) is 5.75 Å². The monoisotopic (exact) mass is 478 g/mol. The first-order valence-electron chi connectivity index (χ1n) is 9.64. The van der Waals surface area contributed by atoms with Crippen LogP contribution in [0.1, 0.15) is 12.5 Å². The molecule has 0 radical (unpaired) electrons. The topological polar surface area (TPSA) is 52.8 Å². The van der Waals surface area contributed by atoms with E-state index in [-0.39, 0.29) is 5.16 Å². The van der Waals surface area contributed by atoms with Crippen molar-refractivity contribution in [1.29, 1.82) is 0 Å². The van der Waals surface area contributed by atoms with E-state index in [0.29, 0.717) is 29.4 Å². The summed E-state index contributed by atoms with van der Waals surface area (Å²) in [7, 11) is 0. The van der Waals surface area contributed by atoms with Gasteiger partial charge in [0.15, 0.2) is 34.2 Å². The minimum atomic E-state index is -2.20. The lowest BCUT2D eigenvalue weighted by Crippen LogP contribution is -2.07. The molecule has 0 bridgehead atoms. The van der Waals surface area contributed by atoms with Crippen molar-refractivity contribution >= 4 is 11.8 Å². The summed E-state index contributed by atoms with van der Waals surface area (Å²) in [5, 5.41) is 8.44. The van der Waals surface area contributed by atoms with Gasteiger partial charge in [-0.3, -0.25) is 9.55 Å². The minimum absolute atomic E-state index is 0.190. The third kappa shape index (κ3) is 4.40. The fourth-order valence-corrected chi connectivity index (χ4v) is 4.00. The van der Waals surface area contributed by atoms with Gasteiger partial charge in [-0.25, -0.2) is 22.0 Å². The highest BCUT2D eigenvalue weighted by molar-refractivity contribution is 7.98. The van der Waals surface area contributed by atoms with E-state index in [4.69, 9.17) is 4.74 Å². The molecule has 0 saturated carbocycles. The van der Waals surface area contributed by atoms with Crippen molar-refractivity contribution in [2.45, 2.75) is 17.8 Å². The van der Waals surface area contributed by atoms with Crippen molar-refractivity contribution in [1.82, 2.24) is 19.7 Å². The second-order valence-corrected chi connectivity index (χ2v) is 7.58. The van der Waals surface area contributed by atoms with Crippen LogP contribution < -0.4 is 4.74 Å². The summed E-state index contributed by atoms with van der Waals surface area (Å²) in [6, 6.07) is 10.3. The largest absolute Gasteiger partial charge is 0.494 e. The molecule has 2 aromatic carbocycles. The summed E-state index contributed by atoms with van der Waals surface area (Å²) < 4.78 is 75.8. The summed E-state index contributed by atoms with van der Waals surface area (Å²) in [6.45, 7) is 2.33. The molecule has 0 aliphatic rings. The predicted octanol–water partition coefficient (Wildman–Crippen LogP) is 5.72. The highest BCUT2D eigenvalue weighted by Crippen LogP contribution is 2.33. The normalized spacial score (nSPS) is 11.1. The highest BCUT2D eigenvalue weighted by atomic mass is 32.2. The first kappa shape index (κ1) is 22.7. The van der Waals surface area contributed by atoms with Gasteiger partial charge in [0.05, 0.1) is 6.61 Å². The van der Waals surface area contributed by atoms with Gasteiger partial charge < -0.3 is 4.74 Å². The maximum absolute atomic E-state index is 14.1. The Balaban J connectivity index is 1.75. The number of benzene rings is 2. The van der Waals surface area contributed by atoms with Crippen LogP contribution in [0.3, 0.4) is 0 Å². The lowest BCUT2D eigenvalue weighted by molar-refractivity contribution is 0.340. The van der Waals surface area contributed by atoms with Gasteiger partial charge in [-0.2, -0.15) is 0 Å². The number of aromatic nitrogens is 4. The van der Waals surface area contributed by atoms with Crippen LogP contribution in [0.25, 0.3) is 17.1 Å². The number of ether oxygens (including phenoxy) is 1. The van der Waals surface area contributed by atoms with Crippen molar-refractivity contribution in [3.8, 4) is 22.8 Å². The molecule has 0 N–H and O–H groups in total. The zero-order chi connectivity index (χ0) is 23.5. The number of thioether (sulfide) groups is 1. The molecule has 0 fully saturated rings. The second kappa shape index (κ2) is 9.57. The summed E-state index contributed by atoms with van der Waals surface area (Å²) in [5.74, 6) is -9.45. The Morgan fingerprint density at radius 3 is 2.03 bits per heavy atom. The quantitative estimate of drug-likeness (QED) is 0.147. The van der Waals surface area contributed by atoms with E-state index in [0.717, 1.165) is 11.8 Å². The molecular weight excluding hydrogens is 463 g/mol. The molecule has 11 heteroatoms. The molecule has 0 saturated heterocycles. The van der Waals surface area contributed by atoms with Crippen molar-refractivity contribution in [3.05, 3.63) is 83.4 Å². The molecule has 4 rings (SSSR count). The zero-order valence-corrected chi connectivity index (χ0v) is 17.8. The summed E-state index contributed by atoms with van der Waals surface area (Å²) >= 11 is 0.783. The van der Waals surface area contributed by atoms with Crippen LogP contribution >= 0.6 is 11.8 Å². The first-order chi connectivity index (χ1) is 15.9. The van der Waals surface area contributed by atoms with Gasteiger partial charge in [0.25, 0.3) is 0 Å². The molecule has 33 heavy (non-hydrogen) atoms. The summed E-state index contributed by atoms with van der Waals surface area (Å²) in [4.78, 5) is 3.97. The molecule has 4 aromatic rings. The molecule has 0 amide bonds. The third-order valence-corrected chi connectivity index (χ3v) is 5.58. The maximum atomic E-state index is 14.1. The van der Waals surface area contributed by atoms with Crippen LogP contribution in [0.2, 0.25) is 0 Å². The Labute approximate surface area is 189 Å². The minimum Gasteiger partial charge on any atom is -0.494 e. The Kier molecular flexibility index (Phi) is 6.59. The smallest absolute Gasteiger partial charge is 0.200 e. The van der Waals surface area contributed by atoms with Gasteiger partial charge >= 0.3 is 0 Å². The SMILES string of the molecule is CCOc1ccc(-n2c(SCc3c(F)c(F)c(F)c(F)c3F)nnc2-c2ccncc2)cc1. The van der Waals surface area contributed by atoms with Gasteiger partial charge in [0.2, 0.25) is 5.82 Å². The third-order valence-electron chi connectivity index (χ3n) is 4.62. The molecule has 0 spiro atoms. The van der Waals surface area contributed by atoms with Crippen LogP contribution in [0.15, 0.2) is 53.9 Å². The molecule has 0 unspecified atom stereocenters. The number of halogens is 5. The van der Waals surface area contributed by atoms with E-state index >= 15 is 0 Å². The summed E-state index contributed by atoms with van der Waals surface area (Å²) in [6.07, 6.45) is 3.13. The average Bonchev–Trinajstić information content (AvgIpc) is 3.26. The first-order valence-corrected chi connectivity index (χ1v) is 10.6. The van der Waals surface area contributed by atoms with Gasteiger partial charge in [0, 0.05) is 35.0 Å². The van der Waals surface area contributed by atoms with Crippen molar-refractivity contribution in [3.63, 3.8) is 0 Å². The van der Waals surface area contributed by atoms with Crippen LogP contribution in [-0.2, 0) is 5.75 Å². The number of hydrogen-bond donors (Lipinski definition) is 0.